The van der Waals surface area contributed by atoms with E-state index in [0.29, 0.717) is 36.1 Å². The third kappa shape index (κ3) is 2.20. The van der Waals surface area contributed by atoms with Crippen LogP contribution in [-0.4, -0.2) is 23.2 Å². The van der Waals surface area contributed by atoms with Crippen molar-refractivity contribution >= 4 is 15.9 Å². The lowest BCUT2D eigenvalue weighted by molar-refractivity contribution is 0.170. The fourth-order valence-corrected chi connectivity index (χ4v) is 2.59. The summed E-state index contributed by atoms with van der Waals surface area (Å²) in [7, 11) is 0. The number of halogens is 1. The van der Waals surface area contributed by atoms with E-state index in [1.807, 2.05) is 19.1 Å². The van der Waals surface area contributed by atoms with Crippen LogP contribution >= 0.6 is 15.9 Å². The Bertz CT molecular complexity index is 740. The minimum absolute atomic E-state index is 0.126. The van der Waals surface area contributed by atoms with Gasteiger partial charge in [-0.2, -0.15) is 0 Å². The average molecular weight is 337 g/mol. The molecular weight excluding hydrogens is 324 g/mol. The number of ether oxygens (including phenoxy) is 2. The van der Waals surface area contributed by atoms with Crippen molar-refractivity contribution in [3.05, 3.63) is 38.2 Å². The van der Waals surface area contributed by atoms with Crippen LogP contribution in [0.2, 0.25) is 0 Å². The Morgan fingerprint density at radius 3 is 2.75 bits per heavy atom. The molecule has 0 unspecified atom stereocenters. The van der Waals surface area contributed by atoms with Crippen LogP contribution in [-0.2, 0) is 0 Å². The molecule has 1 aliphatic rings. The smallest absolute Gasteiger partial charge is 0.254 e. The fourth-order valence-electron chi connectivity index (χ4n) is 2.03. The molecule has 1 aliphatic heterocycles. The summed E-state index contributed by atoms with van der Waals surface area (Å²) in [6, 6.07) is 3.69. The molecule has 0 fully saturated rings. The van der Waals surface area contributed by atoms with Gasteiger partial charge in [-0.3, -0.25) is 4.79 Å². The third-order valence-electron chi connectivity index (χ3n) is 3.27. The van der Waals surface area contributed by atoms with Crippen LogP contribution in [0.1, 0.15) is 11.3 Å². The quantitative estimate of drug-likeness (QED) is 0.869. The number of hydrogen-bond acceptors (Lipinski definition) is 4. The molecule has 0 saturated heterocycles. The predicted octanol–water partition coefficient (Wildman–Crippen LogP) is 2.59. The fraction of sp³-hybridized carbons (Fsp3) is 0.286. The molecule has 0 bridgehead atoms. The summed E-state index contributed by atoms with van der Waals surface area (Å²) in [5.41, 5.74) is 2.00. The molecule has 0 aliphatic carbocycles. The largest absolute Gasteiger partial charge is 0.486 e. The number of hydrogen-bond donors (Lipinski definition) is 1. The summed E-state index contributed by atoms with van der Waals surface area (Å²) in [5.74, 6) is 1.86. The van der Waals surface area contributed by atoms with E-state index < -0.39 is 0 Å². The number of aromatic nitrogens is 2. The maximum absolute atomic E-state index is 11.8. The second-order valence-corrected chi connectivity index (χ2v) is 5.46. The minimum atomic E-state index is -0.126. The van der Waals surface area contributed by atoms with Crippen molar-refractivity contribution in [2.75, 3.05) is 13.2 Å². The molecule has 0 radical (unpaired) electrons. The van der Waals surface area contributed by atoms with Crippen molar-refractivity contribution in [3.63, 3.8) is 0 Å². The summed E-state index contributed by atoms with van der Waals surface area (Å²) >= 11 is 3.46. The van der Waals surface area contributed by atoms with Crippen molar-refractivity contribution in [1.82, 2.24) is 9.97 Å². The second kappa shape index (κ2) is 4.94. The molecule has 1 N–H and O–H groups in total. The van der Waals surface area contributed by atoms with Gasteiger partial charge in [0.05, 0.1) is 4.47 Å². The normalized spacial score (nSPS) is 13.3. The van der Waals surface area contributed by atoms with Crippen LogP contribution in [0, 0.1) is 13.8 Å². The molecule has 104 valence electrons. The van der Waals surface area contributed by atoms with E-state index in [9.17, 15) is 4.79 Å². The summed E-state index contributed by atoms with van der Waals surface area (Å²) in [6.45, 7) is 4.62. The Balaban J connectivity index is 2.16. The van der Waals surface area contributed by atoms with E-state index >= 15 is 0 Å². The molecule has 0 amide bonds. The topological polar surface area (TPSA) is 64.2 Å². The lowest BCUT2D eigenvalue weighted by atomic mass is 10.1. The van der Waals surface area contributed by atoms with Gasteiger partial charge < -0.3 is 14.5 Å². The summed E-state index contributed by atoms with van der Waals surface area (Å²) in [4.78, 5) is 19.0. The predicted molar refractivity (Wildman–Crippen MR) is 78.5 cm³/mol. The minimum Gasteiger partial charge on any atom is -0.486 e. The molecule has 20 heavy (non-hydrogen) atoms. The average Bonchev–Trinajstić information content (AvgIpc) is 2.44. The molecule has 0 atom stereocenters. The van der Waals surface area contributed by atoms with Crippen LogP contribution in [0.3, 0.4) is 0 Å². The number of nitrogens with zero attached hydrogens (tertiary/aromatic N) is 1. The number of fused-ring (bicyclic) bond motifs is 1. The highest BCUT2D eigenvalue weighted by atomic mass is 79.9. The van der Waals surface area contributed by atoms with Gasteiger partial charge in [-0.1, -0.05) is 0 Å². The van der Waals surface area contributed by atoms with E-state index in [1.165, 1.54) is 0 Å². The monoisotopic (exact) mass is 336 g/mol. The summed E-state index contributed by atoms with van der Waals surface area (Å²) in [6.07, 6.45) is 0. The van der Waals surface area contributed by atoms with Crippen LogP contribution in [0.4, 0.5) is 0 Å². The molecule has 2 aromatic rings. The van der Waals surface area contributed by atoms with Crippen LogP contribution in [0.15, 0.2) is 21.4 Å². The molecule has 1 aromatic carbocycles. The Morgan fingerprint density at radius 1 is 1.25 bits per heavy atom. The first-order valence-corrected chi connectivity index (χ1v) is 7.02. The first-order valence-electron chi connectivity index (χ1n) is 6.23. The van der Waals surface area contributed by atoms with Gasteiger partial charge in [0, 0.05) is 16.8 Å². The van der Waals surface area contributed by atoms with Crippen molar-refractivity contribution in [2.45, 2.75) is 13.8 Å². The van der Waals surface area contributed by atoms with Gasteiger partial charge in [0.2, 0.25) is 0 Å². The van der Waals surface area contributed by atoms with Gasteiger partial charge in [-0.25, -0.2) is 4.98 Å². The van der Waals surface area contributed by atoms with Gasteiger partial charge >= 0.3 is 0 Å². The third-order valence-corrected chi connectivity index (χ3v) is 3.85. The highest BCUT2D eigenvalue weighted by molar-refractivity contribution is 9.10. The lowest BCUT2D eigenvalue weighted by Crippen LogP contribution is -2.16. The first kappa shape index (κ1) is 13.2. The van der Waals surface area contributed by atoms with E-state index in [1.54, 1.807) is 6.92 Å². The van der Waals surface area contributed by atoms with Crippen molar-refractivity contribution < 1.29 is 9.47 Å². The molecule has 2 heterocycles. The Labute approximate surface area is 124 Å². The van der Waals surface area contributed by atoms with Crippen molar-refractivity contribution in [1.29, 1.82) is 0 Å². The molecule has 0 spiro atoms. The standard InChI is InChI=1S/C14H13BrN2O3/c1-7-8(2)16-13(17-14(7)18)9-5-10(15)12-11(6-9)19-3-4-20-12/h5-6H,3-4H2,1-2H3,(H,16,17,18). The molecule has 0 saturated carbocycles. The second-order valence-electron chi connectivity index (χ2n) is 4.61. The van der Waals surface area contributed by atoms with Crippen LogP contribution < -0.4 is 15.0 Å². The lowest BCUT2D eigenvalue weighted by Gasteiger charge is -2.20. The van der Waals surface area contributed by atoms with Crippen LogP contribution in [0.5, 0.6) is 11.5 Å². The van der Waals surface area contributed by atoms with E-state index in [4.69, 9.17) is 9.47 Å². The Hall–Kier alpha value is -1.82. The number of aryl methyl sites for hydroxylation is 1. The van der Waals surface area contributed by atoms with Crippen molar-refractivity contribution in [3.8, 4) is 22.9 Å². The van der Waals surface area contributed by atoms with Gasteiger partial charge in [0.1, 0.15) is 19.0 Å². The maximum atomic E-state index is 11.8. The van der Waals surface area contributed by atoms with Gasteiger partial charge in [-0.05, 0) is 41.9 Å². The van der Waals surface area contributed by atoms with Gasteiger partial charge in [0.25, 0.3) is 5.56 Å². The SMILES string of the molecule is Cc1nc(-c2cc(Br)c3c(c2)OCCO3)[nH]c(=O)c1C. The highest BCUT2D eigenvalue weighted by Gasteiger charge is 2.18. The highest BCUT2D eigenvalue weighted by Crippen LogP contribution is 2.40. The summed E-state index contributed by atoms with van der Waals surface area (Å²) in [5, 5.41) is 0. The van der Waals surface area contributed by atoms with Crippen LogP contribution in [0.25, 0.3) is 11.4 Å². The van der Waals surface area contributed by atoms with E-state index in [-0.39, 0.29) is 5.56 Å². The Morgan fingerprint density at radius 2 is 2.00 bits per heavy atom. The first-order chi connectivity index (χ1) is 9.56. The number of aromatic amines is 1. The zero-order valence-electron chi connectivity index (χ0n) is 11.1. The zero-order valence-corrected chi connectivity index (χ0v) is 12.7. The van der Waals surface area contributed by atoms with E-state index in [2.05, 4.69) is 25.9 Å². The zero-order chi connectivity index (χ0) is 14.3. The number of rotatable bonds is 1. The number of H-pyrrole nitrogens is 1. The van der Waals surface area contributed by atoms with E-state index in [0.717, 1.165) is 15.7 Å². The molecule has 5 nitrogen and oxygen atoms in total. The maximum Gasteiger partial charge on any atom is 0.254 e. The van der Waals surface area contributed by atoms with Gasteiger partial charge in [-0.15, -0.1) is 0 Å². The number of benzene rings is 1. The van der Waals surface area contributed by atoms with Gasteiger partial charge in [0.15, 0.2) is 11.5 Å². The summed E-state index contributed by atoms with van der Waals surface area (Å²) < 4.78 is 11.9. The van der Waals surface area contributed by atoms with Crippen molar-refractivity contribution in [2.24, 2.45) is 0 Å². The molecule has 1 aromatic heterocycles. The molecule has 3 rings (SSSR count). The Kier molecular flexibility index (Phi) is 3.25. The molecule has 6 heteroatoms. The number of nitrogens with one attached hydrogen (secondary N) is 1. The molecular formula is C14H13BrN2O3.